The van der Waals surface area contributed by atoms with Gasteiger partial charge in [-0.3, -0.25) is 4.79 Å². The highest BCUT2D eigenvalue weighted by molar-refractivity contribution is 7.99. The lowest BCUT2D eigenvalue weighted by Crippen LogP contribution is -2.01. The second-order valence-corrected chi connectivity index (χ2v) is 8.58. The predicted molar refractivity (Wildman–Crippen MR) is 111 cm³/mol. The lowest BCUT2D eigenvalue weighted by atomic mass is 10.1. The molecule has 1 nitrogen and oxygen atoms in total. The van der Waals surface area contributed by atoms with Crippen LogP contribution in [0.4, 0.5) is 0 Å². The molecule has 0 atom stereocenters. The van der Waals surface area contributed by atoms with E-state index in [2.05, 4.69) is 32.0 Å². The second kappa shape index (κ2) is 6.49. The molecule has 1 heterocycles. The van der Waals surface area contributed by atoms with Crippen molar-refractivity contribution in [1.82, 2.24) is 0 Å². The molecule has 124 valence electrons. The van der Waals surface area contributed by atoms with E-state index < -0.39 is 0 Å². The highest BCUT2D eigenvalue weighted by Crippen LogP contribution is 2.40. The lowest BCUT2D eigenvalue weighted by molar-refractivity contribution is 1.27. The van der Waals surface area contributed by atoms with Crippen LogP contribution < -0.4 is 5.43 Å². The van der Waals surface area contributed by atoms with Crippen LogP contribution in [-0.4, -0.2) is 0 Å². The van der Waals surface area contributed by atoms with E-state index in [1.54, 1.807) is 23.1 Å². The monoisotopic (exact) mass is 382 g/mol. The van der Waals surface area contributed by atoms with Crippen LogP contribution in [-0.2, 0) is 0 Å². The number of hydrogen-bond acceptors (Lipinski definition) is 3. The summed E-state index contributed by atoms with van der Waals surface area (Å²) in [5.74, 6) is 0. The van der Waals surface area contributed by atoms with E-state index in [0.717, 1.165) is 24.6 Å². The third-order valence-corrected chi connectivity index (χ3v) is 7.23. The van der Waals surface area contributed by atoms with E-state index in [1.807, 2.05) is 36.4 Å². The summed E-state index contributed by atoms with van der Waals surface area (Å²) in [6.45, 7) is 4.22. The van der Waals surface area contributed by atoms with Crippen LogP contribution in [0.1, 0.15) is 11.1 Å². The molecule has 4 rings (SSSR count). The Morgan fingerprint density at radius 2 is 1.72 bits per heavy atom. The van der Waals surface area contributed by atoms with Gasteiger partial charge in [-0.2, -0.15) is 0 Å². The van der Waals surface area contributed by atoms with Gasteiger partial charge in [0.1, 0.15) is 0 Å². The molecule has 0 radical (unpaired) electrons. The largest absolute Gasteiger partial charge is 0.289 e. The van der Waals surface area contributed by atoms with Crippen LogP contribution in [0.5, 0.6) is 0 Å². The highest BCUT2D eigenvalue weighted by atomic mass is 35.5. The average Bonchev–Trinajstić information content (AvgIpc) is 2.61. The molecule has 0 unspecified atom stereocenters. The van der Waals surface area contributed by atoms with E-state index in [4.69, 9.17) is 11.6 Å². The van der Waals surface area contributed by atoms with Crippen molar-refractivity contribution >= 4 is 54.9 Å². The van der Waals surface area contributed by atoms with Crippen LogP contribution in [0.2, 0.25) is 5.02 Å². The van der Waals surface area contributed by atoms with Gasteiger partial charge in [-0.15, -0.1) is 11.3 Å². The topological polar surface area (TPSA) is 17.1 Å². The predicted octanol–water partition coefficient (Wildman–Crippen LogP) is 6.84. The van der Waals surface area contributed by atoms with Crippen molar-refractivity contribution < 1.29 is 0 Å². The molecule has 0 N–H and O–H groups in total. The first-order chi connectivity index (χ1) is 12.0. The van der Waals surface area contributed by atoms with Gasteiger partial charge in [0.05, 0.1) is 9.72 Å². The molecule has 0 fully saturated rings. The first-order valence-electron chi connectivity index (χ1n) is 7.94. The van der Waals surface area contributed by atoms with Crippen LogP contribution >= 0.6 is 34.7 Å². The summed E-state index contributed by atoms with van der Waals surface area (Å²) in [5.41, 5.74) is 2.59. The summed E-state index contributed by atoms with van der Waals surface area (Å²) in [6, 6.07) is 17.9. The van der Waals surface area contributed by atoms with Gasteiger partial charge < -0.3 is 0 Å². The van der Waals surface area contributed by atoms with E-state index in [1.165, 1.54) is 11.1 Å². The Bertz CT molecular complexity index is 1180. The van der Waals surface area contributed by atoms with Crippen molar-refractivity contribution in [1.29, 1.82) is 0 Å². The summed E-state index contributed by atoms with van der Waals surface area (Å²) in [5, 5.41) is 2.11. The van der Waals surface area contributed by atoms with Gasteiger partial charge in [0.15, 0.2) is 5.43 Å². The Labute approximate surface area is 159 Å². The minimum absolute atomic E-state index is 0.0500. The highest BCUT2D eigenvalue weighted by Gasteiger charge is 2.13. The number of fused-ring (bicyclic) bond motifs is 2. The summed E-state index contributed by atoms with van der Waals surface area (Å²) in [4.78, 5) is 14.9. The van der Waals surface area contributed by atoms with E-state index in [0.29, 0.717) is 10.4 Å². The zero-order valence-corrected chi connectivity index (χ0v) is 16.2. The molecule has 0 spiro atoms. The van der Waals surface area contributed by atoms with Crippen molar-refractivity contribution in [2.45, 2.75) is 23.6 Å². The van der Waals surface area contributed by atoms with Crippen LogP contribution in [0, 0.1) is 13.8 Å². The van der Waals surface area contributed by atoms with Crippen molar-refractivity contribution in [3.63, 3.8) is 0 Å². The SMILES string of the molecule is Cc1ccc(Sc2ccc3c(=O)c4ccccc4sc3c2Cl)cc1C. The van der Waals surface area contributed by atoms with E-state index in [9.17, 15) is 4.79 Å². The molecule has 0 saturated heterocycles. The van der Waals surface area contributed by atoms with Crippen molar-refractivity contribution in [2.75, 3.05) is 0 Å². The molecule has 0 bridgehead atoms. The van der Waals surface area contributed by atoms with Crippen LogP contribution in [0.3, 0.4) is 0 Å². The molecule has 0 aliphatic heterocycles. The maximum absolute atomic E-state index is 12.7. The fourth-order valence-corrected chi connectivity index (χ4v) is 5.32. The molecule has 1 aromatic heterocycles. The summed E-state index contributed by atoms with van der Waals surface area (Å²) < 4.78 is 1.83. The molecule has 0 aliphatic carbocycles. The number of hydrogen-bond donors (Lipinski definition) is 0. The van der Waals surface area contributed by atoms with Crippen LogP contribution in [0.15, 0.2) is 69.2 Å². The van der Waals surface area contributed by atoms with Gasteiger partial charge in [0, 0.05) is 25.3 Å². The number of halogens is 1. The Balaban J connectivity index is 1.88. The molecule has 25 heavy (non-hydrogen) atoms. The first kappa shape index (κ1) is 16.6. The maximum Gasteiger partial charge on any atom is 0.195 e. The van der Waals surface area contributed by atoms with Gasteiger partial charge in [0.25, 0.3) is 0 Å². The third-order valence-electron chi connectivity index (χ3n) is 4.36. The number of aryl methyl sites for hydroxylation is 2. The Morgan fingerprint density at radius 3 is 2.52 bits per heavy atom. The standard InChI is InChI=1S/C21H15ClOS2/c1-12-7-8-14(11-13(12)2)24-18-10-9-16-20(23)15-5-3-4-6-17(15)25-21(16)19(18)22/h3-11H,1-2H3. The summed E-state index contributed by atoms with van der Waals surface area (Å²) >= 11 is 9.90. The van der Waals surface area contributed by atoms with Crippen LogP contribution in [0.25, 0.3) is 20.2 Å². The van der Waals surface area contributed by atoms with Crippen molar-refractivity contribution in [3.05, 3.63) is 81.0 Å². The normalized spacial score (nSPS) is 11.3. The molecular weight excluding hydrogens is 368 g/mol. The van der Waals surface area contributed by atoms with Gasteiger partial charge >= 0.3 is 0 Å². The molecule has 4 heteroatoms. The van der Waals surface area contributed by atoms with E-state index in [-0.39, 0.29) is 5.43 Å². The Kier molecular flexibility index (Phi) is 4.32. The third kappa shape index (κ3) is 2.97. The number of benzene rings is 3. The Morgan fingerprint density at radius 1 is 0.920 bits per heavy atom. The minimum atomic E-state index is 0.0500. The van der Waals surface area contributed by atoms with Crippen molar-refractivity contribution in [3.8, 4) is 0 Å². The van der Waals surface area contributed by atoms with Gasteiger partial charge in [-0.05, 0) is 61.4 Å². The second-order valence-electron chi connectivity index (χ2n) is 6.03. The maximum atomic E-state index is 12.7. The quantitative estimate of drug-likeness (QED) is 0.353. The number of rotatable bonds is 2. The summed E-state index contributed by atoms with van der Waals surface area (Å²) in [6.07, 6.45) is 0. The average molecular weight is 383 g/mol. The molecular formula is C21H15ClOS2. The lowest BCUT2D eigenvalue weighted by Gasteiger charge is -2.09. The molecule has 0 saturated carbocycles. The van der Waals surface area contributed by atoms with Gasteiger partial charge in [0.2, 0.25) is 0 Å². The molecule has 0 amide bonds. The fourth-order valence-electron chi connectivity index (χ4n) is 2.80. The van der Waals surface area contributed by atoms with Crippen molar-refractivity contribution in [2.24, 2.45) is 0 Å². The van der Waals surface area contributed by atoms with E-state index >= 15 is 0 Å². The fraction of sp³-hybridized carbons (Fsp3) is 0.0952. The molecule has 3 aromatic carbocycles. The zero-order valence-electron chi connectivity index (χ0n) is 13.8. The van der Waals surface area contributed by atoms with Gasteiger partial charge in [-0.25, -0.2) is 0 Å². The smallest absolute Gasteiger partial charge is 0.195 e. The zero-order chi connectivity index (χ0) is 17.6. The summed E-state index contributed by atoms with van der Waals surface area (Å²) in [7, 11) is 0. The molecule has 4 aromatic rings. The first-order valence-corrected chi connectivity index (χ1v) is 9.95. The Hall–Kier alpha value is -1.81. The minimum Gasteiger partial charge on any atom is -0.289 e. The molecule has 0 aliphatic rings. The van der Waals surface area contributed by atoms with Gasteiger partial charge in [-0.1, -0.05) is 41.6 Å².